The van der Waals surface area contributed by atoms with E-state index in [0.29, 0.717) is 11.6 Å². The van der Waals surface area contributed by atoms with Gasteiger partial charge in [-0.25, -0.2) is 13.1 Å². The molecule has 1 aromatic carbocycles. The summed E-state index contributed by atoms with van der Waals surface area (Å²) in [7, 11) is -3.50. The van der Waals surface area contributed by atoms with Crippen LogP contribution in [0.4, 0.5) is 5.69 Å². The van der Waals surface area contributed by atoms with E-state index in [4.69, 9.17) is 5.73 Å². The third-order valence-electron chi connectivity index (χ3n) is 3.91. The summed E-state index contributed by atoms with van der Waals surface area (Å²) in [5.41, 5.74) is 7.38. The van der Waals surface area contributed by atoms with E-state index in [-0.39, 0.29) is 10.9 Å². The van der Waals surface area contributed by atoms with Crippen molar-refractivity contribution < 1.29 is 8.42 Å². The zero-order valence-electron chi connectivity index (χ0n) is 12.8. The first-order valence-corrected chi connectivity index (χ1v) is 8.74. The van der Waals surface area contributed by atoms with Crippen LogP contribution in [-0.4, -0.2) is 14.5 Å². The van der Waals surface area contributed by atoms with Crippen LogP contribution < -0.4 is 10.5 Å². The van der Waals surface area contributed by atoms with Gasteiger partial charge >= 0.3 is 0 Å². The minimum Gasteiger partial charge on any atom is -0.398 e. The Balaban J connectivity index is 2.97. The molecule has 4 nitrogen and oxygen atoms in total. The number of hydrogen-bond acceptors (Lipinski definition) is 3. The second kappa shape index (κ2) is 7.09. The van der Waals surface area contributed by atoms with Crippen molar-refractivity contribution in [1.29, 1.82) is 0 Å². The van der Waals surface area contributed by atoms with Crippen LogP contribution in [-0.2, 0) is 16.4 Å². The fourth-order valence-corrected chi connectivity index (χ4v) is 3.81. The summed E-state index contributed by atoms with van der Waals surface area (Å²) in [6, 6.07) is 4.87. The molecule has 0 saturated heterocycles. The highest BCUT2D eigenvalue weighted by Gasteiger charge is 2.22. The summed E-state index contributed by atoms with van der Waals surface area (Å²) in [5, 5.41) is 0. The van der Waals surface area contributed by atoms with Crippen LogP contribution in [0.2, 0.25) is 0 Å². The fraction of sp³-hybridized carbons (Fsp3) is 0.600. The van der Waals surface area contributed by atoms with Crippen molar-refractivity contribution in [2.45, 2.75) is 57.9 Å². The van der Waals surface area contributed by atoms with Gasteiger partial charge in [0.15, 0.2) is 0 Å². The predicted molar refractivity (Wildman–Crippen MR) is 84.1 cm³/mol. The Morgan fingerprint density at radius 3 is 2.25 bits per heavy atom. The van der Waals surface area contributed by atoms with Crippen molar-refractivity contribution >= 4 is 15.7 Å². The van der Waals surface area contributed by atoms with Crippen molar-refractivity contribution in [2.75, 3.05) is 5.73 Å². The number of nitrogen functional groups attached to an aromatic ring is 1. The maximum absolute atomic E-state index is 12.4. The molecule has 1 unspecified atom stereocenters. The summed E-state index contributed by atoms with van der Waals surface area (Å²) in [6.45, 7) is 8.06. The normalized spacial score (nSPS) is 13.7. The van der Waals surface area contributed by atoms with Crippen LogP contribution in [0, 0.1) is 5.92 Å². The van der Waals surface area contributed by atoms with E-state index >= 15 is 0 Å². The maximum Gasteiger partial charge on any atom is 0.240 e. The highest BCUT2D eigenvalue weighted by atomic mass is 32.2. The fourth-order valence-electron chi connectivity index (χ4n) is 2.47. The second-order valence-electron chi connectivity index (χ2n) is 5.20. The van der Waals surface area contributed by atoms with E-state index in [2.05, 4.69) is 18.6 Å². The highest BCUT2D eigenvalue weighted by molar-refractivity contribution is 7.89. The lowest BCUT2D eigenvalue weighted by molar-refractivity contribution is 0.391. The van der Waals surface area contributed by atoms with Crippen molar-refractivity contribution in [3.05, 3.63) is 23.8 Å². The van der Waals surface area contributed by atoms with Crippen LogP contribution in [0.15, 0.2) is 23.1 Å². The van der Waals surface area contributed by atoms with Crippen molar-refractivity contribution in [1.82, 2.24) is 4.72 Å². The summed E-state index contributed by atoms with van der Waals surface area (Å²) in [4.78, 5) is 0.241. The van der Waals surface area contributed by atoms with E-state index in [1.54, 1.807) is 18.2 Å². The van der Waals surface area contributed by atoms with Gasteiger partial charge in [-0.2, -0.15) is 0 Å². The molecule has 0 radical (unpaired) electrons. The summed E-state index contributed by atoms with van der Waals surface area (Å²) in [6.07, 6.45) is 2.71. The predicted octanol–water partition coefficient (Wildman–Crippen LogP) is 2.93. The molecular formula is C15H26N2O2S. The smallest absolute Gasteiger partial charge is 0.240 e. The zero-order valence-corrected chi connectivity index (χ0v) is 13.6. The first-order chi connectivity index (χ1) is 9.35. The molecule has 0 aliphatic carbocycles. The van der Waals surface area contributed by atoms with Crippen molar-refractivity contribution in [3.8, 4) is 0 Å². The molecule has 0 aromatic heterocycles. The quantitative estimate of drug-likeness (QED) is 0.760. The molecule has 0 heterocycles. The third kappa shape index (κ3) is 3.96. The minimum absolute atomic E-state index is 0.0814. The van der Waals surface area contributed by atoms with E-state index in [1.165, 1.54) is 0 Å². The van der Waals surface area contributed by atoms with Crippen LogP contribution >= 0.6 is 0 Å². The van der Waals surface area contributed by atoms with E-state index in [1.807, 2.05) is 13.8 Å². The lowest BCUT2D eigenvalue weighted by Crippen LogP contribution is -2.37. The first-order valence-electron chi connectivity index (χ1n) is 7.26. The molecule has 0 aliphatic heterocycles. The molecule has 0 bridgehead atoms. The molecular weight excluding hydrogens is 272 g/mol. The topological polar surface area (TPSA) is 72.2 Å². The zero-order chi connectivity index (χ0) is 15.3. The molecule has 0 saturated carbocycles. The van der Waals surface area contributed by atoms with Gasteiger partial charge in [0.25, 0.3) is 0 Å². The number of aryl methyl sites for hydroxylation is 1. The van der Waals surface area contributed by atoms with E-state index in [9.17, 15) is 8.42 Å². The van der Waals surface area contributed by atoms with Crippen LogP contribution in [0.25, 0.3) is 0 Å². The first kappa shape index (κ1) is 17.0. The largest absolute Gasteiger partial charge is 0.398 e. The Kier molecular flexibility index (Phi) is 6.02. The molecule has 1 atom stereocenters. The number of benzene rings is 1. The molecule has 20 heavy (non-hydrogen) atoms. The molecule has 1 rings (SSSR count). The molecule has 5 heteroatoms. The average Bonchev–Trinajstić information content (AvgIpc) is 2.39. The van der Waals surface area contributed by atoms with Gasteiger partial charge in [-0.05, 0) is 37.0 Å². The standard InChI is InChI=1S/C15H26N2O2S/c1-5-12(6-2)11(4)17-20(18,19)14-9-8-13(7-3)15(16)10-14/h8-12,17H,5-7,16H2,1-4H3. The molecule has 0 aliphatic rings. The monoisotopic (exact) mass is 298 g/mol. The second-order valence-corrected chi connectivity index (χ2v) is 6.91. The van der Waals surface area contributed by atoms with Crippen LogP contribution in [0.3, 0.4) is 0 Å². The van der Waals surface area contributed by atoms with Gasteiger partial charge in [0.05, 0.1) is 4.90 Å². The molecule has 0 amide bonds. The Labute approximate surface area is 122 Å². The van der Waals surface area contributed by atoms with Gasteiger partial charge < -0.3 is 5.73 Å². The molecule has 3 N–H and O–H groups in total. The van der Waals surface area contributed by atoms with Gasteiger partial charge in [0, 0.05) is 11.7 Å². The number of sulfonamides is 1. The SMILES string of the molecule is CCc1ccc(S(=O)(=O)NC(C)C(CC)CC)cc1N. The van der Waals surface area contributed by atoms with Gasteiger partial charge in [-0.1, -0.05) is 39.7 Å². The molecule has 0 fully saturated rings. The Hall–Kier alpha value is -1.07. The Morgan fingerprint density at radius 2 is 1.80 bits per heavy atom. The molecule has 114 valence electrons. The van der Waals surface area contributed by atoms with Crippen molar-refractivity contribution in [2.24, 2.45) is 5.92 Å². The summed E-state index contributed by atoms with van der Waals surface area (Å²) in [5.74, 6) is 0.344. The van der Waals surface area contributed by atoms with Gasteiger partial charge in [-0.15, -0.1) is 0 Å². The Bertz CT molecular complexity index is 537. The molecule has 0 spiro atoms. The summed E-state index contributed by atoms with van der Waals surface area (Å²) < 4.78 is 27.5. The Morgan fingerprint density at radius 1 is 1.20 bits per heavy atom. The van der Waals surface area contributed by atoms with Crippen LogP contribution in [0.5, 0.6) is 0 Å². The maximum atomic E-state index is 12.4. The van der Waals surface area contributed by atoms with Crippen LogP contribution in [0.1, 0.15) is 46.1 Å². The van der Waals surface area contributed by atoms with Gasteiger partial charge in [0.2, 0.25) is 10.0 Å². The van der Waals surface area contributed by atoms with Gasteiger partial charge in [0.1, 0.15) is 0 Å². The third-order valence-corrected chi connectivity index (χ3v) is 5.46. The number of anilines is 1. The lowest BCUT2D eigenvalue weighted by Gasteiger charge is -2.22. The number of nitrogens with one attached hydrogen (secondary N) is 1. The van der Waals surface area contributed by atoms with E-state index < -0.39 is 10.0 Å². The number of rotatable bonds is 7. The summed E-state index contributed by atoms with van der Waals surface area (Å²) >= 11 is 0. The minimum atomic E-state index is -3.50. The molecule has 1 aromatic rings. The number of nitrogens with two attached hydrogens (primary N) is 1. The average molecular weight is 298 g/mol. The van der Waals surface area contributed by atoms with E-state index in [0.717, 1.165) is 24.8 Å². The van der Waals surface area contributed by atoms with Crippen molar-refractivity contribution in [3.63, 3.8) is 0 Å². The highest BCUT2D eigenvalue weighted by Crippen LogP contribution is 2.20. The van der Waals surface area contributed by atoms with Gasteiger partial charge in [-0.3, -0.25) is 0 Å². The lowest BCUT2D eigenvalue weighted by atomic mass is 9.96. The number of hydrogen-bond donors (Lipinski definition) is 2.